The van der Waals surface area contributed by atoms with E-state index in [0.717, 1.165) is 24.3 Å². The number of fused-ring (bicyclic) bond motifs is 1. The van der Waals surface area contributed by atoms with Crippen LogP contribution in [0.25, 0.3) is 0 Å². The lowest BCUT2D eigenvalue weighted by Crippen LogP contribution is -2.48. The summed E-state index contributed by atoms with van der Waals surface area (Å²) < 4.78 is 5.31. The van der Waals surface area contributed by atoms with Crippen molar-refractivity contribution in [2.75, 3.05) is 16.8 Å². The first-order chi connectivity index (χ1) is 11.8. The quantitative estimate of drug-likeness (QED) is 0.836. The minimum Gasteiger partial charge on any atom is -0.459 e. The van der Waals surface area contributed by atoms with Crippen molar-refractivity contribution >= 4 is 17.3 Å². The van der Waals surface area contributed by atoms with Gasteiger partial charge in [0.2, 0.25) is 0 Å². The lowest BCUT2D eigenvalue weighted by molar-refractivity contribution is 0.0378. The smallest absolute Gasteiger partial charge is 0.338 e. The fourth-order valence-electron chi connectivity index (χ4n) is 3.26. The predicted molar refractivity (Wildman–Crippen MR) is 102 cm³/mol. The largest absolute Gasteiger partial charge is 0.459 e. The van der Waals surface area contributed by atoms with Gasteiger partial charge in [0.15, 0.2) is 0 Å². The van der Waals surface area contributed by atoms with Gasteiger partial charge in [0.25, 0.3) is 0 Å². The highest BCUT2D eigenvalue weighted by atomic mass is 16.5. The molecule has 0 aromatic heterocycles. The molecule has 0 aliphatic carbocycles. The second-order valence-electron chi connectivity index (χ2n) is 7.54. The molecule has 0 unspecified atom stereocenters. The van der Waals surface area contributed by atoms with Gasteiger partial charge in [0, 0.05) is 18.6 Å². The number of nitrogens with zero attached hydrogens (tertiary/aromatic N) is 1. The number of hydrogen-bond donors (Lipinski definition) is 1. The van der Waals surface area contributed by atoms with E-state index in [-0.39, 0.29) is 17.6 Å². The predicted octanol–water partition coefficient (Wildman–Crippen LogP) is 4.46. The van der Waals surface area contributed by atoms with E-state index in [4.69, 9.17) is 4.74 Å². The zero-order valence-corrected chi connectivity index (χ0v) is 15.4. The molecule has 0 spiro atoms. The van der Waals surface area contributed by atoms with Crippen LogP contribution in [0.1, 0.15) is 43.6 Å². The maximum Gasteiger partial charge on any atom is 0.338 e. The van der Waals surface area contributed by atoms with Crippen LogP contribution >= 0.6 is 0 Å². The molecule has 3 rings (SSSR count). The molecule has 25 heavy (non-hydrogen) atoms. The number of rotatable bonds is 4. The Hall–Kier alpha value is -2.49. The van der Waals surface area contributed by atoms with E-state index in [1.54, 1.807) is 0 Å². The summed E-state index contributed by atoms with van der Waals surface area (Å²) in [5.74, 6) is -0.266. The molecule has 0 saturated heterocycles. The molecule has 1 aliphatic heterocycles. The van der Waals surface area contributed by atoms with Crippen LogP contribution in [-0.2, 0) is 11.3 Å². The number of anilines is 2. The van der Waals surface area contributed by atoms with Gasteiger partial charge < -0.3 is 15.0 Å². The average Bonchev–Trinajstić information content (AvgIpc) is 2.53. The summed E-state index contributed by atoms with van der Waals surface area (Å²) in [4.78, 5) is 14.5. The molecule has 0 amide bonds. The van der Waals surface area contributed by atoms with E-state index in [9.17, 15) is 4.79 Å². The Balaban J connectivity index is 1.84. The summed E-state index contributed by atoms with van der Waals surface area (Å²) in [6, 6.07) is 16.1. The fraction of sp³-hybridized carbons (Fsp3) is 0.381. The van der Waals surface area contributed by atoms with Gasteiger partial charge in [-0.3, -0.25) is 0 Å². The van der Waals surface area contributed by atoms with Crippen LogP contribution in [0.15, 0.2) is 48.5 Å². The van der Waals surface area contributed by atoms with Crippen LogP contribution in [-0.4, -0.2) is 24.2 Å². The van der Waals surface area contributed by atoms with E-state index < -0.39 is 0 Å². The van der Waals surface area contributed by atoms with Crippen molar-refractivity contribution in [3.05, 3.63) is 59.7 Å². The molecule has 0 bridgehead atoms. The van der Waals surface area contributed by atoms with E-state index in [2.05, 4.69) is 48.3 Å². The average molecular weight is 338 g/mol. The third kappa shape index (κ3) is 4.13. The Morgan fingerprint density at radius 3 is 2.72 bits per heavy atom. The Kier molecular flexibility index (Phi) is 4.71. The number of para-hydroxylation sites is 2. The lowest BCUT2D eigenvalue weighted by atomic mass is 9.98. The Bertz CT molecular complexity index is 768. The zero-order chi connectivity index (χ0) is 18.0. The monoisotopic (exact) mass is 338 g/mol. The van der Waals surface area contributed by atoms with Crippen LogP contribution < -0.4 is 10.2 Å². The third-order valence-electron chi connectivity index (χ3n) is 4.18. The van der Waals surface area contributed by atoms with Crippen LogP contribution in [0, 0.1) is 0 Å². The molecule has 0 atom stereocenters. The number of benzene rings is 2. The normalized spacial score (nSPS) is 15.5. The fourth-order valence-corrected chi connectivity index (χ4v) is 3.26. The molecule has 0 saturated carbocycles. The molecule has 0 fully saturated rings. The first-order valence-corrected chi connectivity index (χ1v) is 8.76. The molecule has 1 N–H and O–H groups in total. The number of carbonyl (C=O) groups is 1. The molecule has 1 heterocycles. The highest BCUT2D eigenvalue weighted by Gasteiger charge is 2.29. The van der Waals surface area contributed by atoms with Crippen LogP contribution in [0.4, 0.5) is 11.4 Å². The van der Waals surface area contributed by atoms with E-state index in [0.29, 0.717) is 5.56 Å². The summed E-state index contributed by atoms with van der Waals surface area (Å²) >= 11 is 0. The minimum atomic E-state index is -0.266. The number of hydrogen-bond acceptors (Lipinski definition) is 4. The Morgan fingerprint density at radius 2 is 1.96 bits per heavy atom. The molecule has 4 nitrogen and oxygen atoms in total. The topological polar surface area (TPSA) is 41.6 Å². The second kappa shape index (κ2) is 6.79. The van der Waals surface area contributed by atoms with Gasteiger partial charge in [0.1, 0.15) is 0 Å². The number of carbonyl (C=O) groups excluding carboxylic acids is 1. The summed E-state index contributed by atoms with van der Waals surface area (Å²) in [7, 11) is 0. The number of esters is 1. The Morgan fingerprint density at radius 1 is 1.20 bits per heavy atom. The van der Waals surface area contributed by atoms with Gasteiger partial charge >= 0.3 is 5.97 Å². The Labute approximate surface area is 149 Å². The van der Waals surface area contributed by atoms with Gasteiger partial charge in [-0.25, -0.2) is 4.79 Å². The molecule has 4 heteroatoms. The molecular formula is C21H26N2O2. The molecule has 2 aromatic rings. The number of nitrogens with one attached hydrogen (secondary N) is 1. The van der Waals surface area contributed by atoms with E-state index in [1.807, 2.05) is 38.1 Å². The highest BCUT2D eigenvalue weighted by molar-refractivity contribution is 5.89. The lowest BCUT2D eigenvalue weighted by Gasteiger charge is -2.42. The van der Waals surface area contributed by atoms with Crippen molar-refractivity contribution in [1.29, 1.82) is 0 Å². The molecule has 2 aromatic carbocycles. The molecular weight excluding hydrogens is 312 g/mol. The standard InChI is InChI=1S/C21H26N2O2/c1-15(2)25-20(24)17-9-7-8-16(12-17)13-23-14-21(3,4)22-18-10-5-6-11-19(18)23/h5-12,15,22H,13-14H2,1-4H3. The van der Waals surface area contributed by atoms with Crippen LogP contribution in [0.5, 0.6) is 0 Å². The maximum atomic E-state index is 12.2. The van der Waals surface area contributed by atoms with Crippen molar-refractivity contribution in [2.24, 2.45) is 0 Å². The minimum absolute atomic E-state index is 0.0114. The van der Waals surface area contributed by atoms with Crippen LogP contribution in [0.3, 0.4) is 0 Å². The second-order valence-corrected chi connectivity index (χ2v) is 7.54. The first kappa shape index (κ1) is 17.3. The van der Waals surface area contributed by atoms with Crippen molar-refractivity contribution in [3.63, 3.8) is 0 Å². The van der Waals surface area contributed by atoms with Crippen molar-refractivity contribution in [3.8, 4) is 0 Å². The molecule has 132 valence electrons. The van der Waals surface area contributed by atoms with E-state index in [1.165, 1.54) is 5.69 Å². The van der Waals surface area contributed by atoms with Crippen molar-refractivity contribution in [2.45, 2.75) is 45.9 Å². The molecule has 0 radical (unpaired) electrons. The summed E-state index contributed by atoms with van der Waals surface area (Å²) in [5, 5.41) is 3.59. The number of ether oxygens (including phenoxy) is 1. The van der Waals surface area contributed by atoms with Gasteiger partial charge in [-0.2, -0.15) is 0 Å². The SMILES string of the molecule is CC(C)OC(=O)c1cccc(CN2CC(C)(C)Nc3ccccc32)c1. The van der Waals surface area contributed by atoms with Gasteiger partial charge in [-0.15, -0.1) is 0 Å². The van der Waals surface area contributed by atoms with E-state index >= 15 is 0 Å². The first-order valence-electron chi connectivity index (χ1n) is 8.76. The summed E-state index contributed by atoms with van der Waals surface area (Å²) in [6.45, 7) is 9.78. The maximum absolute atomic E-state index is 12.2. The van der Waals surface area contributed by atoms with Gasteiger partial charge in [-0.1, -0.05) is 24.3 Å². The third-order valence-corrected chi connectivity index (χ3v) is 4.18. The molecule has 1 aliphatic rings. The summed E-state index contributed by atoms with van der Waals surface area (Å²) in [6.07, 6.45) is -0.114. The van der Waals surface area contributed by atoms with Gasteiger partial charge in [-0.05, 0) is 57.5 Å². The summed E-state index contributed by atoms with van der Waals surface area (Å²) in [5.41, 5.74) is 4.04. The highest BCUT2D eigenvalue weighted by Crippen LogP contribution is 2.35. The van der Waals surface area contributed by atoms with Crippen molar-refractivity contribution < 1.29 is 9.53 Å². The zero-order valence-electron chi connectivity index (χ0n) is 15.4. The van der Waals surface area contributed by atoms with Crippen LogP contribution in [0.2, 0.25) is 0 Å². The van der Waals surface area contributed by atoms with Gasteiger partial charge in [0.05, 0.1) is 23.0 Å². The van der Waals surface area contributed by atoms with Crippen molar-refractivity contribution in [1.82, 2.24) is 0 Å².